The Morgan fingerprint density at radius 2 is 1.82 bits per heavy atom. The minimum atomic E-state index is -0.988. The lowest BCUT2D eigenvalue weighted by atomic mass is 10.0. The molecule has 4 heteroatoms. The Labute approximate surface area is 103 Å². The zero-order chi connectivity index (χ0) is 12.4. The van der Waals surface area contributed by atoms with Gasteiger partial charge in [-0.25, -0.2) is 4.79 Å². The van der Waals surface area contributed by atoms with Gasteiger partial charge in [-0.2, -0.15) is 0 Å². The van der Waals surface area contributed by atoms with Crippen molar-refractivity contribution in [2.45, 2.75) is 0 Å². The van der Waals surface area contributed by atoms with Gasteiger partial charge in [0.1, 0.15) is 5.75 Å². The zero-order valence-corrected chi connectivity index (χ0v) is 9.48. The summed E-state index contributed by atoms with van der Waals surface area (Å²) in [6, 6.07) is 11.1. The first-order valence-corrected chi connectivity index (χ1v) is 5.27. The standard InChI is InChI=1S/C13H9ClO3/c14-11-5-10(6-12(15)7-11)8-2-1-3-9(4-8)13(16)17/h1-7,15H,(H,16,17). The molecule has 86 valence electrons. The van der Waals surface area contributed by atoms with E-state index in [0.717, 1.165) is 0 Å². The molecule has 2 N–H and O–H groups in total. The SMILES string of the molecule is O=C(O)c1cccc(-c2cc(O)cc(Cl)c2)c1. The van der Waals surface area contributed by atoms with Crippen molar-refractivity contribution in [3.8, 4) is 16.9 Å². The summed E-state index contributed by atoms with van der Waals surface area (Å²) >= 11 is 5.83. The molecule has 0 aliphatic carbocycles. The third-order valence-electron chi connectivity index (χ3n) is 2.33. The molecule has 2 aromatic rings. The maximum atomic E-state index is 10.8. The molecule has 0 atom stereocenters. The number of phenols is 1. The number of rotatable bonds is 2. The minimum Gasteiger partial charge on any atom is -0.508 e. The molecular formula is C13H9ClO3. The summed E-state index contributed by atoms with van der Waals surface area (Å²) in [7, 11) is 0. The number of hydrogen-bond donors (Lipinski definition) is 2. The monoisotopic (exact) mass is 248 g/mol. The molecule has 3 nitrogen and oxygen atoms in total. The van der Waals surface area contributed by atoms with E-state index in [1.807, 2.05) is 0 Å². The summed E-state index contributed by atoms with van der Waals surface area (Å²) in [5.41, 5.74) is 1.57. The van der Waals surface area contributed by atoms with Crippen LogP contribution in [0, 0.1) is 0 Å². The van der Waals surface area contributed by atoms with Gasteiger partial charge in [-0.3, -0.25) is 0 Å². The molecule has 0 heterocycles. The Morgan fingerprint density at radius 1 is 1.06 bits per heavy atom. The van der Waals surface area contributed by atoms with Gasteiger partial charge in [-0.05, 0) is 41.5 Å². The van der Waals surface area contributed by atoms with Gasteiger partial charge in [-0.15, -0.1) is 0 Å². The number of phenolic OH excluding ortho intramolecular Hbond substituents is 1. The number of halogens is 1. The largest absolute Gasteiger partial charge is 0.508 e. The Balaban J connectivity index is 2.52. The summed E-state index contributed by atoms with van der Waals surface area (Å²) in [4.78, 5) is 10.8. The van der Waals surface area contributed by atoms with Crippen molar-refractivity contribution in [1.82, 2.24) is 0 Å². The predicted molar refractivity (Wildman–Crippen MR) is 65.5 cm³/mol. The molecule has 0 aliphatic rings. The van der Waals surface area contributed by atoms with Gasteiger partial charge in [0.15, 0.2) is 0 Å². The second-order valence-corrected chi connectivity index (χ2v) is 4.02. The highest BCUT2D eigenvalue weighted by atomic mass is 35.5. The van der Waals surface area contributed by atoms with Gasteiger partial charge >= 0.3 is 5.97 Å². The quantitative estimate of drug-likeness (QED) is 0.856. The molecule has 0 fully saturated rings. The number of hydrogen-bond acceptors (Lipinski definition) is 2. The van der Waals surface area contributed by atoms with E-state index in [4.69, 9.17) is 16.7 Å². The summed E-state index contributed by atoms with van der Waals surface area (Å²) in [5.74, 6) is -0.939. The number of aromatic hydroxyl groups is 1. The second kappa shape index (κ2) is 4.47. The van der Waals surface area contributed by atoms with Gasteiger partial charge < -0.3 is 10.2 Å². The molecule has 0 amide bonds. The highest BCUT2D eigenvalue weighted by Crippen LogP contribution is 2.28. The molecule has 0 unspecified atom stereocenters. The van der Waals surface area contributed by atoms with E-state index in [1.165, 1.54) is 24.3 Å². The normalized spacial score (nSPS) is 10.2. The molecule has 0 aromatic heterocycles. The fourth-order valence-corrected chi connectivity index (χ4v) is 1.80. The van der Waals surface area contributed by atoms with Crippen LogP contribution in [-0.4, -0.2) is 16.2 Å². The number of carboxylic acid groups (broad SMARTS) is 1. The van der Waals surface area contributed by atoms with Gasteiger partial charge in [0, 0.05) is 5.02 Å². The third kappa shape index (κ3) is 2.57. The number of aromatic carboxylic acids is 1. The Morgan fingerprint density at radius 3 is 2.47 bits per heavy atom. The van der Waals surface area contributed by atoms with E-state index in [2.05, 4.69) is 0 Å². The highest BCUT2D eigenvalue weighted by Gasteiger charge is 2.06. The van der Waals surface area contributed by atoms with E-state index in [-0.39, 0.29) is 11.3 Å². The predicted octanol–water partition coefficient (Wildman–Crippen LogP) is 3.41. The van der Waals surface area contributed by atoms with Crippen LogP contribution in [0.1, 0.15) is 10.4 Å². The van der Waals surface area contributed by atoms with Crippen LogP contribution >= 0.6 is 11.6 Å². The highest BCUT2D eigenvalue weighted by molar-refractivity contribution is 6.31. The average molecular weight is 249 g/mol. The van der Waals surface area contributed by atoms with Crippen LogP contribution in [0.25, 0.3) is 11.1 Å². The van der Waals surface area contributed by atoms with Gasteiger partial charge in [0.05, 0.1) is 5.56 Å². The van der Waals surface area contributed by atoms with Crippen molar-refractivity contribution in [2.75, 3.05) is 0 Å². The number of carboxylic acids is 1. The lowest BCUT2D eigenvalue weighted by molar-refractivity contribution is 0.0697. The van der Waals surface area contributed by atoms with E-state index in [0.29, 0.717) is 16.1 Å². The molecule has 0 spiro atoms. The molecule has 2 rings (SSSR count). The topological polar surface area (TPSA) is 57.5 Å². The lowest BCUT2D eigenvalue weighted by Crippen LogP contribution is -1.95. The van der Waals surface area contributed by atoms with Crippen molar-refractivity contribution in [3.63, 3.8) is 0 Å². The van der Waals surface area contributed by atoms with E-state index >= 15 is 0 Å². The van der Waals surface area contributed by atoms with Gasteiger partial charge in [0.25, 0.3) is 0 Å². The van der Waals surface area contributed by atoms with E-state index in [1.54, 1.807) is 18.2 Å². The maximum Gasteiger partial charge on any atom is 0.335 e. The van der Waals surface area contributed by atoms with Crippen LogP contribution in [0.3, 0.4) is 0 Å². The van der Waals surface area contributed by atoms with Crippen molar-refractivity contribution in [3.05, 3.63) is 53.1 Å². The molecular weight excluding hydrogens is 240 g/mol. The van der Waals surface area contributed by atoms with Gasteiger partial charge in [0.2, 0.25) is 0 Å². The molecule has 17 heavy (non-hydrogen) atoms. The van der Waals surface area contributed by atoms with Crippen molar-refractivity contribution < 1.29 is 15.0 Å². The first-order chi connectivity index (χ1) is 8.06. The summed E-state index contributed by atoms with van der Waals surface area (Å²) < 4.78 is 0. The first kappa shape index (κ1) is 11.5. The number of benzene rings is 2. The average Bonchev–Trinajstić information content (AvgIpc) is 2.28. The summed E-state index contributed by atoms with van der Waals surface area (Å²) in [6.07, 6.45) is 0. The fourth-order valence-electron chi connectivity index (χ4n) is 1.57. The van der Waals surface area contributed by atoms with Crippen LogP contribution < -0.4 is 0 Å². The molecule has 0 saturated heterocycles. The van der Waals surface area contributed by atoms with Crippen molar-refractivity contribution in [2.24, 2.45) is 0 Å². The Bertz CT molecular complexity index is 558. The fraction of sp³-hybridized carbons (Fsp3) is 0. The van der Waals surface area contributed by atoms with Crippen molar-refractivity contribution in [1.29, 1.82) is 0 Å². The molecule has 0 radical (unpaired) electrons. The maximum absolute atomic E-state index is 10.8. The van der Waals surface area contributed by atoms with Crippen LogP contribution in [-0.2, 0) is 0 Å². The van der Waals surface area contributed by atoms with Crippen molar-refractivity contribution >= 4 is 17.6 Å². The first-order valence-electron chi connectivity index (χ1n) is 4.89. The third-order valence-corrected chi connectivity index (χ3v) is 2.54. The molecule has 0 bridgehead atoms. The smallest absolute Gasteiger partial charge is 0.335 e. The Hall–Kier alpha value is -2.00. The van der Waals surface area contributed by atoms with Crippen LogP contribution in [0.4, 0.5) is 0 Å². The second-order valence-electron chi connectivity index (χ2n) is 3.58. The summed E-state index contributed by atoms with van der Waals surface area (Å²) in [5, 5.41) is 18.7. The molecule has 0 aliphatic heterocycles. The molecule has 0 saturated carbocycles. The van der Waals surface area contributed by atoms with Crippen LogP contribution in [0.5, 0.6) is 5.75 Å². The van der Waals surface area contributed by atoms with E-state index < -0.39 is 5.97 Å². The van der Waals surface area contributed by atoms with Crippen LogP contribution in [0.2, 0.25) is 5.02 Å². The lowest BCUT2D eigenvalue weighted by Gasteiger charge is -2.04. The van der Waals surface area contributed by atoms with Gasteiger partial charge in [-0.1, -0.05) is 23.7 Å². The Kier molecular flexibility index (Phi) is 3.02. The molecule has 2 aromatic carbocycles. The van der Waals surface area contributed by atoms with Crippen LogP contribution in [0.15, 0.2) is 42.5 Å². The minimum absolute atomic E-state index is 0.0493. The van der Waals surface area contributed by atoms with E-state index in [9.17, 15) is 9.90 Å². The summed E-state index contributed by atoms with van der Waals surface area (Å²) in [6.45, 7) is 0. The number of carbonyl (C=O) groups is 1. The zero-order valence-electron chi connectivity index (χ0n) is 8.72.